The van der Waals surface area contributed by atoms with E-state index >= 15 is 0 Å². The molecule has 0 aliphatic rings. The molecule has 0 aromatic heterocycles. The number of carbonyl (C=O) groups excluding carboxylic acids is 2. The van der Waals surface area contributed by atoms with Crippen LogP contribution in [0.1, 0.15) is 42.6 Å². The molecule has 0 unspecified atom stereocenters. The van der Waals surface area contributed by atoms with Crippen molar-refractivity contribution in [3.8, 4) is 0 Å². The summed E-state index contributed by atoms with van der Waals surface area (Å²) in [7, 11) is 0. The molecule has 0 saturated heterocycles. The van der Waals surface area contributed by atoms with Gasteiger partial charge in [0, 0.05) is 22.1 Å². The summed E-state index contributed by atoms with van der Waals surface area (Å²) in [6.07, 6.45) is 1.74. The zero-order valence-electron chi connectivity index (χ0n) is 13.3. The third kappa shape index (κ3) is 4.42. The molecule has 0 saturated carbocycles. The molecule has 2 rings (SSSR count). The zero-order chi connectivity index (χ0) is 16.8. The Labute approximate surface area is 141 Å². The number of rotatable bonds is 6. The van der Waals surface area contributed by atoms with Gasteiger partial charge in [-0.2, -0.15) is 0 Å². The summed E-state index contributed by atoms with van der Waals surface area (Å²) in [5.41, 5.74) is 1.46. The Morgan fingerprint density at radius 1 is 1.13 bits per heavy atom. The van der Waals surface area contributed by atoms with Crippen LogP contribution in [-0.4, -0.2) is 11.7 Å². The van der Waals surface area contributed by atoms with E-state index in [0.717, 1.165) is 12.8 Å². The maximum absolute atomic E-state index is 12.7. The highest BCUT2D eigenvalue weighted by Crippen LogP contribution is 2.24. The highest BCUT2D eigenvalue weighted by atomic mass is 35.5. The lowest BCUT2D eigenvalue weighted by Crippen LogP contribution is -2.21. The van der Waals surface area contributed by atoms with E-state index in [1.807, 2.05) is 19.9 Å². The molecule has 0 fully saturated rings. The first-order valence-corrected chi connectivity index (χ1v) is 8.11. The van der Waals surface area contributed by atoms with Gasteiger partial charge in [0.15, 0.2) is 5.78 Å². The van der Waals surface area contributed by atoms with Crippen LogP contribution in [0.3, 0.4) is 0 Å². The van der Waals surface area contributed by atoms with Gasteiger partial charge >= 0.3 is 0 Å². The summed E-state index contributed by atoms with van der Waals surface area (Å²) in [6.45, 7) is 3.92. The molecule has 0 bridgehead atoms. The lowest BCUT2D eigenvalue weighted by atomic mass is 10.0. The topological polar surface area (TPSA) is 46.2 Å². The van der Waals surface area contributed by atoms with Crippen LogP contribution < -0.4 is 5.32 Å². The van der Waals surface area contributed by atoms with Gasteiger partial charge in [0.05, 0.1) is 5.69 Å². The lowest BCUT2D eigenvalue weighted by Gasteiger charge is -2.14. The van der Waals surface area contributed by atoms with Gasteiger partial charge in [-0.3, -0.25) is 9.59 Å². The number of hydrogen-bond donors (Lipinski definition) is 1. The van der Waals surface area contributed by atoms with Crippen LogP contribution in [0.5, 0.6) is 0 Å². The average Bonchev–Trinajstić information content (AvgIpc) is 2.56. The molecule has 3 nitrogen and oxygen atoms in total. The molecule has 0 aliphatic heterocycles. The molecule has 2 aromatic rings. The van der Waals surface area contributed by atoms with Gasteiger partial charge in [-0.05, 0) is 24.6 Å². The molecule has 0 radical (unpaired) electrons. The molecule has 2 aromatic carbocycles. The molecular formula is C19H20ClNO2. The van der Waals surface area contributed by atoms with Crippen LogP contribution in [0.15, 0.2) is 48.5 Å². The van der Waals surface area contributed by atoms with Crippen LogP contribution in [0, 0.1) is 5.92 Å². The van der Waals surface area contributed by atoms with Gasteiger partial charge in [-0.1, -0.05) is 62.2 Å². The molecule has 0 spiro atoms. The lowest BCUT2D eigenvalue weighted by molar-refractivity contribution is -0.119. The second-order valence-corrected chi connectivity index (χ2v) is 6.00. The Morgan fingerprint density at radius 2 is 1.83 bits per heavy atom. The van der Waals surface area contributed by atoms with E-state index in [1.165, 1.54) is 0 Å². The van der Waals surface area contributed by atoms with Crippen LogP contribution in [0.25, 0.3) is 0 Å². The first-order chi connectivity index (χ1) is 11.0. The predicted molar refractivity (Wildman–Crippen MR) is 94.0 cm³/mol. The highest BCUT2D eigenvalue weighted by Gasteiger charge is 2.18. The largest absolute Gasteiger partial charge is 0.325 e. The minimum absolute atomic E-state index is 0.0868. The normalized spacial score (nSPS) is 11.8. The third-order valence-electron chi connectivity index (χ3n) is 3.69. The number of carbonyl (C=O) groups is 2. The van der Waals surface area contributed by atoms with Crippen LogP contribution in [0.2, 0.25) is 5.02 Å². The van der Waals surface area contributed by atoms with Crippen molar-refractivity contribution in [1.82, 2.24) is 0 Å². The first kappa shape index (κ1) is 17.2. The summed E-state index contributed by atoms with van der Waals surface area (Å²) < 4.78 is 0. The van der Waals surface area contributed by atoms with Crippen LogP contribution in [0.4, 0.5) is 5.69 Å². The van der Waals surface area contributed by atoms with Gasteiger partial charge in [0.2, 0.25) is 5.91 Å². The summed E-state index contributed by atoms with van der Waals surface area (Å²) in [5.74, 6) is -0.349. The Morgan fingerprint density at radius 3 is 2.48 bits per heavy atom. The molecule has 4 heteroatoms. The van der Waals surface area contributed by atoms with Crippen molar-refractivity contribution in [1.29, 1.82) is 0 Å². The molecule has 1 N–H and O–H groups in total. The maximum atomic E-state index is 12.7. The number of hydrogen-bond acceptors (Lipinski definition) is 2. The average molecular weight is 330 g/mol. The molecule has 0 aliphatic carbocycles. The summed E-state index contributed by atoms with van der Waals surface area (Å²) in [6, 6.07) is 13.9. The summed E-state index contributed by atoms with van der Waals surface area (Å²) in [4.78, 5) is 24.9. The number of ketones is 1. The quantitative estimate of drug-likeness (QED) is 0.762. The molecule has 120 valence electrons. The number of halogens is 1. The molecule has 1 amide bonds. The van der Waals surface area contributed by atoms with Gasteiger partial charge in [0.25, 0.3) is 0 Å². The standard InChI is InChI=1S/C19H20ClNO2/c1-3-7-13(2)19(23)21-17-11-10-15(20)12-16(17)18(22)14-8-5-4-6-9-14/h4-6,8-13H,3,7H2,1-2H3,(H,21,23)/t13-/m1/s1. The van der Waals surface area contributed by atoms with E-state index in [9.17, 15) is 9.59 Å². The second kappa shape index (κ2) is 7.93. The minimum Gasteiger partial charge on any atom is -0.325 e. The van der Waals surface area contributed by atoms with E-state index in [2.05, 4.69) is 5.32 Å². The van der Waals surface area contributed by atoms with E-state index in [-0.39, 0.29) is 17.6 Å². The fraction of sp³-hybridized carbons (Fsp3) is 0.263. The van der Waals surface area contributed by atoms with Crippen molar-refractivity contribution >= 4 is 29.0 Å². The Hall–Kier alpha value is -2.13. The summed E-state index contributed by atoms with van der Waals surface area (Å²) >= 11 is 6.03. The van der Waals surface area contributed by atoms with Crippen molar-refractivity contribution in [3.05, 3.63) is 64.7 Å². The fourth-order valence-corrected chi connectivity index (χ4v) is 2.55. The highest BCUT2D eigenvalue weighted by molar-refractivity contribution is 6.31. The monoisotopic (exact) mass is 329 g/mol. The van der Waals surface area contributed by atoms with Crippen molar-refractivity contribution in [3.63, 3.8) is 0 Å². The smallest absolute Gasteiger partial charge is 0.227 e. The van der Waals surface area contributed by atoms with Crippen LogP contribution >= 0.6 is 11.6 Å². The molecule has 0 heterocycles. The Kier molecular flexibility index (Phi) is 5.94. The predicted octanol–water partition coefficient (Wildman–Crippen LogP) is 4.95. The van der Waals surface area contributed by atoms with Gasteiger partial charge < -0.3 is 5.32 Å². The van der Waals surface area contributed by atoms with Crippen molar-refractivity contribution in [2.45, 2.75) is 26.7 Å². The van der Waals surface area contributed by atoms with E-state index in [4.69, 9.17) is 11.6 Å². The first-order valence-electron chi connectivity index (χ1n) is 7.73. The zero-order valence-corrected chi connectivity index (χ0v) is 14.1. The van der Waals surface area contributed by atoms with Gasteiger partial charge in [-0.15, -0.1) is 0 Å². The molecule has 23 heavy (non-hydrogen) atoms. The molecular weight excluding hydrogens is 310 g/mol. The number of amides is 1. The third-order valence-corrected chi connectivity index (χ3v) is 3.92. The molecule has 1 atom stereocenters. The van der Waals surface area contributed by atoms with E-state index in [0.29, 0.717) is 21.8 Å². The fourth-order valence-electron chi connectivity index (χ4n) is 2.38. The van der Waals surface area contributed by atoms with E-state index < -0.39 is 0 Å². The van der Waals surface area contributed by atoms with Crippen molar-refractivity contribution < 1.29 is 9.59 Å². The second-order valence-electron chi connectivity index (χ2n) is 5.56. The minimum atomic E-state index is -0.161. The van der Waals surface area contributed by atoms with Gasteiger partial charge in [0.1, 0.15) is 0 Å². The van der Waals surface area contributed by atoms with Gasteiger partial charge in [-0.25, -0.2) is 0 Å². The number of benzene rings is 2. The van der Waals surface area contributed by atoms with Crippen LogP contribution in [-0.2, 0) is 4.79 Å². The maximum Gasteiger partial charge on any atom is 0.227 e. The number of nitrogens with one attached hydrogen (secondary N) is 1. The van der Waals surface area contributed by atoms with E-state index in [1.54, 1.807) is 42.5 Å². The van der Waals surface area contributed by atoms with Crippen molar-refractivity contribution in [2.24, 2.45) is 5.92 Å². The number of anilines is 1. The Balaban J connectivity index is 2.31. The van der Waals surface area contributed by atoms with Crippen molar-refractivity contribution in [2.75, 3.05) is 5.32 Å². The SMILES string of the molecule is CCC[C@@H](C)C(=O)Nc1ccc(Cl)cc1C(=O)c1ccccc1. The summed E-state index contributed by atoms with van der Waals surface area (Å²) in [5, 5.41) is 3.32. The Bertz CT molecular complexity index is 698.